The van der Waals surface area contributed by atoms with Crippen LogP contribution in [-0.2, 0) is 11.0 Å². The zero-order valence-corrected chi connectivity index (χ0v) is 18.9. The molecule has 0 aromatic heterocycles. The first-order valence-electron chi connectivity index (χ1n) is 10.7. The Labute approximate surface area is 195 Å². The van der Waals surface area contributed by atoms with Crippen LogP contribution in [0.5, 0.6) is 5.75 Å². The molecule has 2 amide bonds. The van der Waals surface area contributed by atoms with Gasteiger partial charge in [0, 0.05) is 16.9 Å². The second kappa shape index (κ2) is 10.4. The smallest absolute Gasteiger partial charge is 0.416 e. The predicted molar refractivity (Wildman–Crippen MR) is 125 cm³/mol. The highest BCUT2D eigenvalue weighted by Gasteiger charge is 2.30. The number of amides is 2. The van der Waals surface area contributed by atoms with E-state index in [0.717, 1.165) is 12.1 Å². The standard InChI is InChI=1S/C26H25F3N2O3/c1-16(2)18-9-13-23(14-10-18)34-17(3)24(32)30-21-11-7-19(8-12-21)25(33)31-22-6-4-5-20(15-22)26(27,28)29/h4-17H,1-3H3,(H,30,32)(H,31,33). The Morgan fingerprint density at radius 1 is 0.824 bits per heavy atom. The molecule has 0 bridgehead atoms. The molecule has 1 unspecified atom stereocenters. The van der Waals surface area contributed by atoms with Gasteiger partial charge in [-0.15, -0.1) is 0 Å². The average molecular weight is 470 g/mol. The maximum absolute atomic E-state index is 12.8. The van der Waals surface area contributed by atoms with Crippen molar-refractivity contribution in [3.05, 3.63) is 89.5 Å². The topological polar surface area (TPSA) is 67.4 Å². The van der Waals surface area contributed by atoms with Gasteiger partial charge in [0.25, 0.3) is 11.8 Å². The van der Waals surface area contributed by atoms with Gasteiger partial charge in [0.2, 0.25) is 0 Å². The van der Waals surface area contributed by atoms with E-state index in [0.29, 0.717) is 17.4 Å². The Bertz CT molecular complexity index is 1140. The molecule has 0 aliphatic heterocycles. The maximum Gasteiger partial charge on any atom is 0.416 e. The van der Waals surface area contributed by atoms with Gasteiger partial charge in [0.15, 0.2) is 6.10 Å². The molecule has 3 aromatic rings. The summed E-state index contributed by atoms with van der Waals surface area (Å²) in [5.74, 6) is 0.0337. The number of benzene rings is 3. The molecule has 0 radical (unpaired) electrons. The fourth-order valence-corrected chi connectivity index (χ4v) is 3.11. The molecule has 34 heavy (non-hydrogen) atoms. The fourth-order valence-electron chi connectivity index (χ4n) is 3.11. The molecule has 8 heteroatoms. The molecular formula is C26H25F3N2O3. The van der Waals surface area contributed by atoms with Crippen molar-refractivity contribution in [2.24, 2.45) is 0 Å². The molecule has 0 aliphatic rings. The van der Waals surface area contributed by atoms with E-state index in [1.807, 2.05) is 24.3 Å². The molecule has 178 valence electrons. The van der Waals surface area contributed by atoms with Gasteiger partial charge in [-0.25, -0.2) is 0 Å². The van der Waals surface area contributed by atoms with E-state index in [1.54, 1.807) is 6.92 Å². The summed E-state index contributed by atoms with van der Waals surface area (Å²) >= 11 is 0. The van der Waals surface area contributed by atoms with Gasteiger partial charge in [0.05, 0.1) is 5.56 Å². The Morgan fingerprint density at radius 2 is 1.47 bits per heavy atom. The van der Waals surface area contributed by atoms with Crippen LogP contribution in [0.3, 0.4) is 0 Å². The second-order valence-electron chi connectivity index (χ2n) is 8.08. The van der Waals surface area contributed by atoms with E-state index in [9.17, 15) is 22.8 Å². The van der Waals surface area contributed by atoms with Crippen molar-refractivity contribution in [2.45, 2.75) is 39.0 Å². The van der Waals surface area contributed by atoms with E-state index in [2.05, 4.69) is 24.5 Å². The molecule has 0 aliphatic carbocycles. The Balaban J connectivity index is 1.57. The van der Waals surface area contributed by atoms with Gasteiger partial charge in [-0.3, -0.25) is 9.59 Å². The molecule has 3 rings (SSSR count). The minimum absolute atomic E-state index is 0.0320. The molecular weight excluding hydrogens is 445 g/mol. The van der Waals surface area contributed by atoms with Crippen LogP contribution in [0.1, 0.15) is 48.2 Å². The zero-order valence-electron chi connectivity index (χ0n) is 18.9. The largest absolute Gasteiger partial charge is 0.481 e. The third-order valence-electron chi connectivity index (χ3n) is 5.09. The van der Waals surface area contributed by atoms with E-state index >= 15 is 0 Å². The van der Waals surface area contributed by atoms with Crippen LogP contribution < -0.4 is 15.4 Å². The van der Waals surface area contributed by atoms with Crippen molar-refractivity contribution in [1.82, 2.24) is 0 Å². The Hall–Kier alpha value is -3.81. The third-order valence-corrected chi connectivity index (χ3v) is 5.09. The van der Waals surface area contributed by atoms with Crippen LogP contribution in [0.15, 0.2) is 72.8 Å². The minimum Gasteiger partial charge on any atom is -0.481 e. The number of ether oxygens (including phenoxy) is 1. The van der Waals surface area contributed by atoms with Crippen LogP contribution in [0.25, 0.3) is 0 Å². The van der Waals surface area contributed by atoms with Crippen LogP contribution in [0.4, 0.5) is 24.5 Å². The summed E-state index contributed by atoms with van der Waals surface area (Å²) in [5.41, 5.74) is 1.03. The summed E-state index contributed by atoms with van der Waals surface area (Å²) in [6.07, 6.45) is -5.26. The summed E-state index contributed by atoms with van der Waals surface area (Å²) in [6, 6.07) is 17.9. The number of hydrogen-bond acceptors (Lipinski definition) is 3. The van der Waals surface area contributed by atoms with Gasteiger partial charge in [-0.1, -0.05) is 32.0 Å². The molecule has 0 fully saturated rings. The van der Waals surface area contributed by atoms with Gasteiger partial charge >= 0.3 is 6.18 Å². The van der Waals surface area contributed by atoms with Crippen molar-refractivity contribution >= 4 is 23.2 Å². The first kappa shape index (κ1) is 24.8. The molecule has 0 heterocycles. The highest BCUT2D eigenvalue weighted by molar-refractivity contribution is 6.04. The summed E-state index contributed by atoms with van der Waals surface area (Å²) in [6.45, 7) is 5.81. The lowest BCUT2D eigenvalue weighted by atomic mass is 10.0. The van der Waals surface area contributed by atoms with Gasteiger partial charge < -0.3 is 15.4 Å². The highest BCUT2D eigenvalue weighted by atomic mass is 19.4. The van der Waals surface area contributed by atoms with E-state index < -0.39 is 23.8 Å². The fraction of sp³-hybridized carbons (Fsp3) is 0.231. The molecule has 5 nitrogen and oxygen atoms in total. The minimum atomic E-state index is -4.50. The van der Waals surface area contributed by atoms with Gasteiger partial charge in [-0.05, 0) is 73.0 Å². The summed E-state index contributed by atoms with van der Waals surface area (Å²) in [4.78, 5) is 24.8. The van der Waals surface area contributed by atoms with E-state index in [1.165, 1.54) is 42.0 Å². The molecule has 0 spiro atoms. The lowest BCUT2D eigenvalue weighted by Gasteiger charge is -2.15. The summed E-state index contributed by atoms with van der Waals surface area (Å²) in [5, 5.41) is 5.15. The number of halogens is 3. The average Bonchev–Trinajstić information content (AvgIpc) is 2.79. The maximum atomic E-state index is 12.8. The molecule has 0 saturated heterocycles. The number of nitrogens with one attached hydrogen (secondary N) is 2. The first-order chi connectivity index (χ1) is 16.0. The Morgan fingerprint density at radius 3 is 2.06 bits per heavy atom. The monoisotopic (exact) mass is 470 g/mol. The van der Waals surface area contributed by atoms with Crippen molar-refractivity contribution in [3.8, 4) is 5.75 Å². The van der Waals surface area contributed by atoms with Gasteiger partial charge in [0.1, 0.15) is 5.75 Å². The SMILES string of the molecule is CC(Oc1ccc(C(C)C)cc1)C(=O)Nc1ccc(C(=O)Nc2cccc(C(F)(F)F)c2)cc1. The number of anilines is 2. The van der Waals surface area contributed by atoms with Crippen LogP contribution in [0.2, 0.25) is 0 Å². The number of hydrogen-bond donors (Lipinski definition) is 2. The zero-order chi connectivity index (χ0) is 24.9. The number of alkyl halides is 3. The first-order valence-corrected chi connectivity index (χ1v) is 10.7. The van der Waals surface area contributed by atoms with Crippen molar-refractivity contribution in [1.29, 1.82) is 0 Å². The van der Waals surface area contributed by atoms with Crippen LogP contribution >= 0.6 is 0 Å². The van der Waals surface area contributed by atoms with Crippen LogP contribution in [-0.4, -0.2) is 17.9 Å². The molecule has 2 N–H and O–H groups in total. The molecule has 1 atom stereocenters. The second-order valence-corrected chi connectivity index (χ2v) is 8.08. The van der Waals surface area contributed by atoms with Crippen LogP contribution in [0, 0.1) is 0 Å². The molecule has 0 saturated carbocycles. The highest BCUT2D eigenvalue weighted by Crippen LogP contribution is 2.30. The van der Waals surface area contributed by atoms with E-state index in [4.69, 9.17) is 4.74 Å². The quantitative estimate of drug-likeness (QED) is 0.415. The van der Waals surface area contributed by atoms with Crippen molar-refractivity contribution in [3.63, 3.8) is 0 Å². The number of carbonyl (C=O) groups is 2. The Kier molecular flexibility index (Phi) is 7.61. The number of carbonyl (C=O) groups excluding carboxylic acids is 2. The van der Waals surface area contributed by atoms with E-state index in [-0.39, 0.29) is 17.2 Å². The van der Waals surface area contributed by atoms with Crippen molar-refractivity contribution < 1.29 is 27.5 Å². The predicted octanol–water partition coefficient (Wildman–Crippen LogP) is 6.49. The van der Waals surface area contributed by atoms with Gasteiger partial charge in [-0.2, -0.15) is 13.2 Å². The lowest BCUT2D eigenvalue weighted by Crippen LogP contribution is -2.30. The van der Waals surface area contributed by atoms with Crippen molar-refractivity contribution in [2.75, 3.05) is 10.6 Å². The normalized spacial score (nSPS) is 12.2. The summed E-state index contributed by atoms with van der Waals surface area (Å²) < 4.78 is 44.2. The third kappa shape index (κ3) is 6.60. The molecule has 3 aromatic carbocycles. The lowest BCUT2D eigenvalue weighted by molar-refractivity contribution is -0.137. The number of rotatable bonds is 7. The summed E-state index contributed by atoms with van der Waals surface area (Å²) in [7, 11) is 0.